The summed E-state index contributed by atoms with van der Waals surface area (Å²) < 4.78 is 26.0. The van der Waals surface area contributed by atoms with E-state index >= 15 is 0 Å². The number of unbranched alkanes of at least 4 members (excludes halogenated alkanes) is 14. The molecule has 0 bridgehead atoms. The van der Waals surface area contributed by atoms with Crippen LogP contribution in [0.1, 0.15) is 123 Å². The number of phosphoric acid groups is 1. The van der Waals surface area contributed by atoms with Crippen LogP contribution in [-0.2, 0) is 27.9 Å². The molecule has 38 heavy (non-hydrogen) atoms. The van der Waals surface area contributed by atoms with Gasteiger partial charge in [0.15, 0.2) is 0 Å². The predicted molar refractivity (Wildman–Crippen MR) is 151 cm³/mol. The third-order valence-electron chi connectivity index (χ3n) is 5.99. The number of allylic oxidation sites excluding steroid dienone is 2. The van der Waals surface area contributed by atoms with Crippen LogP contribution in [0.5, 0.6) is 0 Å². The summed E-state index contributed by atoms with van der Waals surface area (Å²) in [5.74, 6) is -0.700. The highest BCUT2D eigenvalue weighted by molar-refractivity contribution is 7.47. The molecule has 10 heteroatoms. The summed E-state index contributed by atoms with van der Waals surface area (Å²) >= 11 is 0. The zero-order valence-corrected chi connectivity index (χ0v) is 24.8. The Labute approximate surface area is 230 Å². The molecule has 0 aromatic rings. The number of carbonyl (C=O) groups excluding carboxylic acids is 2. The highest BCUT2D eigenvalue weighted by atomic mass is 31.2. The van der Waals surface area contributed by atoms with Crippen LogP contribution in [0.25, 0.3) is 0 Å². The quantitative estimate of drug-likeness (QED) is 0.0455. The Kier molecular flexibility index (Phi) is 25.1. The molecule has 0 aliphatic carbocycles. The molecular formula is C28H54NO8P. The summed E-state index contributed by atoms with van der Waals surface area (Å²) in [6.07, 6.45) is 23.3. The van der Waals surface area contributed by atoms with Gasteiger partial charge in [-0.1, -0.05) is 89.7 Å². The Morgan fingerprint density at radius 1 is 0.816 bits per heavy atom. The van der Waals surface area contributed by atoms with E-state index in [1.807, 2.05) is 0 Å². The topological polar surface area (TPSA) is 131 Å². The van der Waals surface area contributed by atoms with E-state index in [2.05, 4.69) is 33.4 Å². The van der Waals surface area contributed by atoms with Gasteiger partial charge in [0.05, 0.1) is 13.2 Å². The van der Waals surface area contributed by atoms with Gasteiger partial charge in [0.1, 0.15) is 12.7 Å². The Bertz CT molecular complexity index is 659. The van der Waals surface area contributed by atoms with E-state index in [0.29, 0.717) is 0 Å². The summed E-state index contributed by atoms with van der Waals surface area (Å²) in [6, 6.07) is 0. The van der Waals surface area contributed by atoms with Crippen molar-refractivity contribution >= 4 is 19.7 Å². The van der Waals surface area contributed by atoms with E-state index in [4.69, 9.17) is 4.74 Å². The molecule has 0 aromatic carbocycles. The zero-order valence-electron chi connectivity index (χ0n) is 23.9. The molecule has 0 saturated heterocycles. The van der Waals surface area contributed by atoms with Gasteiger partial charge in [-0.05, 0) is 32.1 Å². The number of esters is 1. The van der Waals surface area contributed by atoms with Crippen LogP contribution in [-0.4, -0.2) is 54.3 Å². The van der Waals surface area contributed by atoms with E-state index in [1.165, 1.54) is 90.4 Å². The molecule has 0 aliphatic heterocycles. The van der Waals surface area contributed by atoms with Gasteiger partial charge in [-0.3, -0.25) is 18.6 Å². The second-order valence-corrected chi connectivity index (χ2v) is 11.3. The molecule has 1 amide bonds. The standard InChI is InChI=1S/C28H54NO8P/c1-3-4-5-6-7-8-9-10-11-12-13-14-15-16-17-18-19-20-21-28(32)35-24-27(31)25-37-38(33,34)36-23-22-29-26(2)30/h11-12,27,31H,3-10,13-25H2,1-2H3,(H,29,30)(H,33,34)/b12-11-. The monoisotopic (exact) mass is 563 g/mol. The van der Waals surface area contributed by atoms with Crippen molar-refractivity contribution < 1.29 is 37.9 Å². The average molecular weight is 564 g/mol. The number of aliphatic hydroxyl groups is 1. The summed E-state index contributed by atoms with van der Waals surface area (Å²) in [4.78, 5) is 32.0. The van der Waals surface area contributed by atoms with Gasteiger partial charge in [0, 0.05) is 19.9 Å². The number of aliphatic hydroxyl groups excluding tert-OH is 1. The maximum Gasteiger partial charge on any atom is 0.472 e. The first-order valence-corrected chi connectivity index (χ1v) is 16.1. The third kappa shape index (κ3) is 27.8. The van der Waals surface area contributed by atoms with Gasteiger partial charge in [-0.15, -0.1) is 0 Å². The van der Waals surface area contributed by atoms with Gasteiger partial charge in [-0.2, -0.15) is 0 Å². The van der Waals surface area contributed by atoms with Crippen molar-refractivity contribution in [3.63, 3.8) is 0 Å². The molecule has 2 atom stereocenters. The smallest absolute Gasteiger partial charge is 0.463 e. The van der Waals surface area contributed by atoms with Crippen LogP contribution in [0.2, 0.25) is 0 Å². The van der Waals surface area contributed by atoms with Gasteiger partial charge in [0.2, 0.25) is 5.91 Å². The molecule has 0 fully saturated rings. The molecule has 0 rings (SSSR count). The first-order chi connectivity index (χ1) is 18.3. The highest BCUT2D eigenvalue weighted by Crippen LogP contribution is 2.42. The van der Waals surface area contributed by atoms with E-state index < -0.39 is 26.5 Å². The van der Waals surface area contributed by atoms with Crippen LogP contribution >= 0.6 is 7.82 Å². The van der Waals surface area contributed by atoms with Crippen molar-refractivity contribution in [3.05, 3.63) is 12.2 Å². The lowest BCUT2D eigenvalue weighted by Gasteiger charge is -2.15. The van der Waals surface area contributed by atoms with Crippen molar-refractivity contribution in [2.75, 3.05) is 26.4 Å². The largest absolute Gasteiger partial charge is 0.472 e. The lowest BCUT2D eigenvalue weighted by molar-refractivity contribution is -0.147. The SMILES string of the molecule is CCCCCCCCC/C=C\CCCCCCCCCC(=O)OCC(O)COP(=O)(O)OCCNC(C)=O. The van der Waals surface area contributed by atoms with Gasteiger partial charge >= 0.3 is 13.8 Å². The second-order valence-electron chi connectivity index (χ2n) is 9.81. The number of rotatable bonds is 27. The minimum atomic E-state index is -4.36. The van der Waals surface area contributed by atoms with Crippen molar-refractivity contribution in [2.45, 2.75) is 129 Å². The molecule has 0 saturated carbocycles. The molecule has 0 heterocycles. The van der Waals surface area contributed by atoms with Gasteiger partial charge in [-0.25, -0.2) is 4.57 Å². The number of carbonyl (C=O) groups is 2. The molecule has 0 aliphatic rings. The number of nitrogens with one attached hydrogen (secondary N) is 1. The second kappa shape index (κ2) is 26.0. The average Bonchev–Trinajstić information content (AvgIpc) is 2.88. The summed E-state index contributed by atoms with van der Waals surface area (Å²) in [7, 11) is -4.36. The fourth-order valence-electron chi connectivity index (χ4n) is 3.79. The normalized spacial score (nSPS) is 13.9. The van der Waals surface area contributed by atoms with Crippen molar-refractivity contribution in [1.82, 2.24) is 5.32 Å². The van der Waals surface area contributed by atoms with Crippen LogP contribution in [0.15, 0.2) is 12.2 Å². The first-order valence-electron chi connectivity index (χ1n) is 14.6. The van der Waals surface area contributed by atoms with Crippen LogP contribution in [0, 0.1) is 0 Å². The molecule has 2 unspecified atom stereocenters. The summed E-state index contributed by atoms with van der Waals surface area (Å²) in [5.41, 5.74) is 0. The van der Waals surface area contributed by atoms with Gasteiger partial charge in [0.25, 0.3) is 0 Å². The lowest BCUT2D eigenvalue weighted by atomic mass is 10.1. The van der Waals surface area contributed by atoms with E-state index in [-0.39, 0.29) is 32.1 Å². The van der Waals surface area contributed by atoms with Crippen LogP contribution < -0.4 is 5.32 Å². The van der Waals surface area contributed by atoms with E-state index in [1.54, 1.807) is 0 Å². The van der Waals surface area contributed by atoms with E-state index in [9.17, 15) is 24.2 Å². The number of hydrogen-bond donors (Lipinski definition) is 3. The maximum atomic E-state index is 11.8. The Balaban J connectivity index is 3.50. The number of amides is 1. The molecule has 0 radical (unpaired) electrons. The summed E-state index contributed by atoms with van der Waals surface area (Å²) in [5, 5.41) is 12.2. The molecule has 3 N–H and O–H groups in total. The maximum absolute atomic E-state index is 11.8. The van der Waals surface area contributed by atoms with Gasteiger partial charge < -0.3 is 20.1 Å². The van der Waals surface area contributed by atoms with E-state index in [0.717, 1.165) is 19.3 Å². The first kappa shape index (κ1) is 36.8. The zero-order chi connectivity index (χ0) is 28.3. The number of phosphoric ester groups is 1. The fraction of sp³-hybridized carbons (Fsp3) is 0.857. The van der Waals surface area contributed by atoms with Crippen molar-refractivity contribution in [1.29, 1.82) is 0 Å². The van der Waals surface area contributed by atoms with Crippen LogP contribution in [0.3, 0.4) is 0 Å². The highest BCUT2D eigenvalue weighted by Gasteiger charge is 2.23. The number of ether oxygens (including phenoxy) is 1. The summed E-state index contributed by atoms with van der Waals surface area (Å²) in [6.45, 7) is 2.57. The Hall–Kier alpha value is -1.25. The molecule has 0 spiro atoms. The fourth-order valence-corrected chi connectivity index (χ4v) is 4.54. The molecule has 0 aromatic heterocycles. The molecule has 224 valence electrons. The Morgan fingerprint density at radius 2 is 1.34 bits per heavy atom. The lowest BCUT2D eigenvalue weighted by Crippen LogP contribution is -2.25. The Morgan fingerprint density at radius 3 is 1.89 bits per heavy atom. The third-order valence-corrected chi connectivity index (χ3v) is 6.97. The number of hydrogen-bond acceptors (Lipinski definition) is 7. The molecule has 9 nitrogen and oxygen atoms in total. The molecular weight excluding hydrogens is 509 g/mol. The van der Waals surface area contributed by atoms with Crippen molar-refractivity contribution in [3.8, 4) is 0 Å². The minimum absolute atomic E-state index is 0.0560. The van der Waals surface area contributed by atoms with Crippen LogP contribution in [0.4, 0.5) is 0 Å². The minimum Gasteiger partial charge on any atom is -0.463 e. The predicted octanol–water partition coefficient (Wildman–Crippen LogP) is 6.37. The van der Waals surface area contributed by atoms with Crippen molar-refractivity contribution in [2.24, 2.45) is 0 Å².